The number of rotatable bonds is 6. The number of guanidine groups is 1. The standard InChI is InChI=1S/C11H18N6O2/c12-5-1-2-6-15-9(18)7-3-4-8(16-7)10(19)17-11(13)14/h3-4,16H,1-2,5-6,12H2,(H,15,18)(H4,13,14,17,19). The van der Waals surface area contributed by atoms with E-state index in [9.17, 15) is 9.59 Å². The van der Waals surface area contributed by atoms with Crippen LogP contribution in [-0.4, -0.2) is 35.8 Å². The average molecular weight is 266 g/mol. The monoisotopic (exact) mass is 266 g/mol. The summed E-state index contributed by atoms with van der Waals surface area (Å²) in [6, 6.07) is 2.94. The van der Waals surface area contributed by atoms with E-state index in [2.05, 4.69) is 15.3 Å². The van der Waals surface area contributed by atoms with Gasteiger partial charge in [0, 0.05) is 6.54 Å². The molecule has 2 amide bonds. The number of unbranched alkanes of at least 4 members (excludes halogenated alkanes) is 1. The van der Waals surface area contributed by atoms with Crippen molar-refractivity contribution in [3.05, 3.63) is 23.5 Å². The molecule has 1 aromatic heterocycles. The van der Waals surface area contributed by atoms with Crippen LogP contribution in [-0.2, 0) is 0 Å². The van der Waals surface area contributed by atoms with Crippen molar-refractivity contribution in [2.24, 2.45) is 22.2 Å². The fraction of sp³-hybridized carbons (Fsp3) is 0.364. The Kier molecular flexibility index (Phi) is 5.55. The number of aromatic amines is 1. The highest BCUT2D eigenvalue weighted by Crippen LogP contribution is 2.03. The molecule has 0 bridgehead atoms. The number of carbonyl (C=O) groups excluding carboxylic acids is 2. The van der Waals surface area contributed by atoms with Gasteiger partial charge in [-0.1, -0.05) is 0 Å². The molecule has 8 nitrogen and oxygen atoms in total. The first-order valence-electron chi connectivity index (χ1n) is 5.86. The fourth-order valence-corrected chi connectivity index (χ4v) is 1.40. The molecule has 19 heavy (non-hydrogen) atoms. The number of carbonyl (C=O) groups is 2. The zero-order valence-electron chi connectivity index (χ0n) is 10.5. The van der Waals surface area contributed by atoms with Crippen molar-refractivity contribution >= 4 is 17.8 Å². The van der Waals surface area contributed by atoms with E-state index in [0.717, 1.165) is 12.8 Å². The van der Waals surface area contributed by atoms with Gasteiger partial charge in [0.1, 0.15) is 11.4 Å². The molecule has 1 aromatic rings. The number of aliphatic imine (C=N–C) groups is 1. The predicted octanol–water partition coefficient (Wildman–Crippen LogP) is -1.10. The summed E-state index contributed by atoms with van der Waals surface area (Å²) in [5, 5.41) is 2.70. The molecule has 1 heterocycles. The van der Waals surface area contributed by atoms with Gasteiger partial charge in [-0.3, -0.25) is 9.59 Å². The summed E-state index contributed by atoms with van der Waals surface area (Å²) in [5.41, 5.74) is 16.0. The number of aromatic nitrogens is 1. The molecule has 0 aliphatic carbocycles. The molecule has 1 rings (SSSR count). The van der Waals surface area contributed by atoms with Gasteiger partial charge in [0.15, 0.2) is 5.96 Å². The normalized spacial score (nSPS) is 9.95. The number of amides is 2. The third-order valence-corrected chi connectivity index (χ3v) is 2.31. The molecule has 0 fully saturated rings. The first kappa shape index (κ1) is 14.7. The highest BCUT2D eigenvalue weighted by atomic mass is 16.2. The molecule has 0 radical (unpaired) electrons. The van der Waals surface area contributed by atoms with Crippen molar-refractivity contribution in [2.45, 2.75) is 12.8 Å². The van der Waals surface area contributed by atoms with Gasteiger partial charge >= 0.3 is 0 Å². The summed E-state index contributed by atoms with van der Waals surface area (Å²) in [6.07, 6.45) is 1.65. The average Bonchev–Trinajstić information content (AvgIpc) is 2.83. The number of nitrogens with one attached hydrogen (secondary N) is 2. The van der Waals surface area contributed by atoms with Gasteiger partial charge in [-0.2, -0.15) is 4.99 Å². The Morgan fingerprint density at radius 2 is 1.89 bits per heavy atom. The molecular formula is C11H18N6O2. The van der Waals surface area contributed by atoms with Crippen LogP contribution in [0.3, 0.4) is 0 Å². The minimum Gasteiger partial charge on any atom is -0.370 e. The van der Waals surface area contributed by atoms with E-state index in [1.54, 1.807) is 0 Å². The second-order valence-corrected chi connectivity index (χ2v) is 3.88. The Morgan fingerprint density at radius 1 is 1.21 bits per heavy atom. The van der Waals surface area contributed by atoms with Crippen LogP contribution in [0.4, 0.5) is 0 Å². The predicted molar refractivity (Wildman–Crippen MR) is 71.6 cm³/mol. The Hall–Kier alpha value is -2.35. The van der Waals surface area contributed by atoms with Crippen LogP contribution in [0.1, 0.15) is 33.8 Å². The van der Waals surface area contributed by atoms with E-state index in [0.29, 0.717) is 13.1 Å². The lowest BCUT2D eigenvalue weighted by molar-refractivity contribution is 0.0948. The van der Waals surface area contributed by atoms with Crippen LogP contribution in [0.2, 0.25) is 0 Å². The van der Waals surface area contributed by atoms with Gasteiger partial charge < -0.3 is 27.5 Å². The molecule has 0 saturated carbocycles. The Balaban J connectivity index is 2.56. The number of hydrogen-bond acceptors (Lipinski definition) is 3. The third kappa shape index (κ3) is 4.80. The van der Waals surface area contributed by atoms with Crippen LogP contribution in [0.25, 0.3) is 0 Å². The maximum Gasteiger partial charge on any atom is 0.296 e. The van der Waals surface area contributed by atoms with Gasteiger partial charge in [0.25, 0.3) is 11.8 Å². The molecule has 0 unspecified atom stereocenters. The highest BCUT2D eigenvalue weighted by Gasteiger charge is 2.11. The van der Waals surface area contributed by atoms with Crippen molar-refractivity contribution < 1.29 is 9.59 Å². The molecule has 0 spiro atoms. The number of nitrogens with zero attached hydrogens (tertiary/aromatic N) is 1. The molecule has 0 saturated heterocycles. The van der Waals surface area contributed by atoms with Crippen molar-refractivity contribution in [1.29, 1.82) is 0 Å². The Bertz CT molecular complexity index is 475. The number of hydrogen-bond donors (Lipinski definition) is 5. The Labute approximate surface area is 110 Å². The van der Waals surface area contributed by atoms with Crippen LogP contribution >= 0.6 is 0 Å². The molecule has 0 aromatic carbocycles. The number of nitrogens with two attached hydrogens (primary N) is 3. The lowest BCUT2D eigenvalue weighted by Crippen LogP contribution is -2.25. The molecule has 0 aliphatic rings. The van der Waals surface area contributed by atoms with Crippen molar-refractivity contribution in [1.82, 2.24) is 10.3 Å². The van der Waals surface area contributed by atoms with Gasteiger partial charge in [-0.05, 0) is 31.5 Å². The lowest BCUT2D eigenvalue weighted by atomic mass is 10.3. The second-order valence-electron chi connectivity index (χ2n) is 3.88. The summed E-state index contributed by atoms with van der Waals surface area (Å²) in [6.45, 7) is 1.13. The second kappa shape index (κ2) is 7.17. The fourth-order valence-electron chi connectivity index (χ4n) is 1.40. The van der Waals surface area contributed by atoms with Crippen molar-refractivity contribution in [3.8, 4) is 0 Å². The summed E-state index contributed by atoms with van der Waals surface area (Å²) in [5.74, 6) is -1.24. The molecule has 8 N–H and O–H groups in total. The third-order valence-electron chi connectivity index (χ3n) is 2.31. The topological polar surface area (TPSA) is 152 Å². The largest absolute Gasteiger partial charge is 0.370 e. The lowest BCUT2D eigenvalue weighted by Gasteiger charge is -2.02. The SMILES string of the molecule is NCCCCNC(=O)c1ccc(C(=O)N=C(N)N)[nH]1. The molecule has 8 heteroatoms. The van der Waals surface area contributed by atoms with Crippen molar-refractivity contribution in [3.63, 3.8) is 0 Å². The van der Waals surface area contributed by atoms with Gasteiger partial charge in [0.2, 0.25) is 0 Å². The first-order chi connectivity index (χ1) is 9.04. The van der Waals surface area contributed by atoms with E-state index in [1.807, 2.05) is 0 Å². The smallest absolute Gasteiger partial charge is 0.296 e. The van der Waals surface area contributed by atoms with E-state index in [4.69, 9.17) is 17.2 Å². The maximum absolute atomic E-state index is 11.7. The van der Waals surface area contributed by atoms with Gasteiger partial charge in [-0.25, -0.2) is 0 Å². The van der Waals surface area contributed by atoms with E-state index < -0.39 is 5.91 Å². The van der Waals surface area contributed by atoms with Gasteiger partial charge in [0.05, 0.1) is 0 Å². The zero-order chi connectivity index (χ0) is 14.3. The van der Waals surface area contributed by atoms with Crippen LogP contribution in [0.5, 0.6) is 0 Å². The highest BCUT2D eigenvalue weighted by molar-refractivity contribution is 6.02. The maximum atomic E-state index is 11.7. The Morgan fingerprint density at radius 3 is 2.53 bits per heavy atom. The molecule has 0 aliphatic heterocycles. The first-order valence-corrected chi connectivity index (χ1v) is 5.86. The van der Waals surface area contributed by atoms with Gasteiger partial charge in [-0.15, -0.1) is 0 Å². The molecular weight excluding hydrogens is 248 g/mol. The summed E-state index contributed by atoms with van der Waals surface area (Å²) in [7, 11) is 0. The quantitative estimate of drug-likeness (QED) is 0.251. The van der Waals surface area contributed by atoms with E-state index >= 15 is 0 Å². The van der Waals surface area contributed by atoms with Crippen LogP contribution in [0, 0.1) is 0 Å². The van der Waals surface area contributed by atoms with Crippen molar-refractivity contribution in [2.75, 3.05) is 13.1 Å². The van der Waals surface area contributed by atoms with E-state index in [1.165, 1.54) is 12.1 Å². The zero-order valence-corrected chi connectivity index (χ0v) is 10.5. The molecule has 0 atom stereocenters. The number of H-pyrrole nitrogens is 1. The minimum absolute atomic E-state index is 0.153. The van der Waals surface area contributed by atoms with E-state index in [-0.39, 0.29) is 23.3 Å². The summed E-state index contributed by atoms with van der Waals surface area (Å²) >= 11 is 0. The molecule has 104 valence electrons. The summed E-state index contributed by atoms with van der Waals surface area (Å²) < 4.78 is 0. The summed E-state index contributed by atoms with van der Waals surface area (Å²) in [4.78, 5) is 29.2. The van der Waals surface area contributed by atoms with Crippen LogP contribution < -0.4 is 22.5 Å². The van der Waals surface area contributed by atoms with Crippen LogP contribution in [0.15, 0.2) is 17.1 Å². The minimum atomic E-state index is -0.623.